The monoisotopic (exact) mass is 410 g/mol. The van der Waals surface area contributed by atoms with Crippen LogP contribution in [0.25, 0.3) is 0 Å². The Morgan fingerprint density at radius 2 is 2.25 bits per heavy atom. The Balaban J connectivity index is 0.000000606. The van der Waals surface area contributed by atoms with Crippen molar-refractivity contribution in [1.29, 1.82) is 0 Å². The third kappa shape index (κ3) is 2.84. The number of imidazole rings is 1. The molecule has 16 heavy (non-hydrogen) atoms. The van der Waals surface area contributed by atoms with Crippen molar-refractivity contribution < 1.29 is 30.9 Å². The van der Waals surface area contributed by atoms with Gasteiger partial charge in [-0.25, -0.2) is 0 Å². The number of carbonyl (C=O) groups is 1. The van der Waals surface area contributed by atoms with Gasteiger partial charge in [0.25, 0.3) is 0 Å². The molecule has 0 radical (unpaired) electrons. The molecule has 0 N–H and O–H groups in total. The summed E-state index contributed by atoms with van der Waals surface area (Å²) in [7, 11) is 0. The summed E-state index contributed by atoms with van der Waals surface area (Å²) in [6.45, 7) is 8.70. The second-order valence-corrected chi connectivity index (χ2v) is 5.84. The van der Waals surface area contributed by atoms with Crippen LogP contribution in [0.1, 0.15) is 32.2 Å². The predicted octanol–water partition coefficient (Wildman–Crippen LogP) is 1.95. The van der Waals surface area contributed by atoms with Gasteiger partial charge in [-0.3, -0.25) is 0 Å². The number of rotatable bonds is 1. The van der Waals surface area contributed by atoms with E-state index in [2.05, 4.69) is 16.5 Å². The minimum absolute atomic E-state index is 0.212. The molecule has 4 nitrogen and oxygen atoms in total. The van der Waals surface area contributed by atoms with Crippen molar-refractivity contribution in [1.82, 2.24) is 14.5 Å². The van der Waals surface area contributed by atoms with Crippen LogP contribution in [0.15, 0.2) is 6.33 Å². The van der Waals surface area contributed by atoms with Crippen LogP contribution in [-0.4, -0.2) is 24.4 Å². The number of aryl methyl sites for hydroxylation is 1. The van der Waals surface area contributed by atoms with Gasteiger partial charge in [-0.15, -0.1) is 0 Å². The predicted molar refractivity (Wildman–Crippen MR) is 58.8 cm³/mol. The molecule has 1 aliphatic heterocycles. The van der Waals surface area contributed by atoms with E-state index in [0.29, 0.717) is 3.42 Å². The molecule has 0 saturated carbocycles. The zero-order valence-corrected chi connectivity index (χ0v) is 15.9. The van der Waals surface area contributed by atoms with Crippen LogP contribution in [0.2, 0.25) is 0 Å². The fourth-order valence-corrected chi connectivity index (χ4v) is 2.90. The van der Waals surface area contributed by atoms with E-state index in [4.69, 9.17) is 0 Å². The van der Waals surface area contributed by atoms with Gasteiger partial charge in [0.2, 0.25) is 0 Å². The van der Waals surface area contributed by atoms with Crippen molar-refractivity contribution in [3.63, 3.8) is 0 Å². The van der Waals surface area contributed by atoms with E-state index in [-0.39, 0.29) is 26.1 Å². The van der Waals surface area contributed by atoms with Crippen molar-refractivity contribution in [2.45, 2.75) is 40.3 Å². The Morgan fingerprint density at radius 3 is 2.81 bits per heavy atom. The molecular formula is C11H18HgN3O. The average Bonchev–Trinajstić information content (AvgIpc) is 2.73. The number of fused-ring (bicyclic) bond motifs is 1. The first kappa shape index (κ1) is 13.7. The first-order valence-electron chi connectivity index (χ1n) is 5.86. The van der Waals surface area contributed by atoms with Gasteiger partial charge in [-0.1, -0.05) is 13.8 Å². The Hall–Kier alpha value is -0.385. The quantitative estimate of drug-likeness (QED) is 0.666. The topological polar surface area (TPSA) is 38.1 Å². The molecule has 0 aromatic carbocycles. The second-order valence-electron chi connectivity index (χ2n) is 3.49. The second kappa shape index (κ2) is 6.37. The maximum absolute atomic E-state index is 11.3. The number of amides is 1. The number of aromatic nitrogens is 2. The van der Waals surface area contributed by atoms with Gasteiger partial charge in [0.1, 0.15) is 0 Å². The molecule has 0 bridgehead atoms. The normalized spacial score (nSPS) is 13.9. The zero-order valence-electron chi connectivity index (χ0n) is 10.4. The summed E-state index contributed by atoms with van der Waals surface area (Å²) in [6.07, 6.45) is 2.85. The first-order chi connectivity index (χ1) is 7.72. The van der Waals surface area contributed by atoms with Crippen LogP contribution >= 0.6 is 0 Å². The Kier molecular flexibility index (Phi) is 5.45. The molecule has 85 valence electrons. The van der Waals surface area contributed by atoms with Gasteiger partial charge in [0, 0.05) is 0 Å². The number of hydrogen-bond acceptors (Lipinski definition) is 2. The van der Waals surface area contributed by atoms with Crippen LogP contribution in [0.5, 0.6) is 0 Å². The van der Waals surface area contributed by atoms with E-state index in [1.165, 1.54) is 5.69 Å². The van der Waals surface area contributed by atoms with E-state index < -0.39 is 0 Å². The number of carbonyl (C=O) groups excluding carboxylic acids is 1. The summed E-state index contributed by atoms with van der Waals surface area (Å²) >= 11 is 0.212. The third-order valence-electron chi connectivity index (χ3n) is 2.69. The van der Waals surface area contributed by atoms with Gasteiger partial charge >= 0.3 is 99.5 Å². The Morgan fingerprint density at radius 1 is 1.56 bits per heavy atom. The summed E-state index contributed by atoms with van der Waals surface area (Å²) in [6, 6.07) is 0. The summed E-state index contributed by atoms with van der Waals surface area (Å²) in [4.78, 5) is 17.5. The fraction of sp³-hybridized carbons (Fsp3) is 0.636. The molecule has 2 rings (SSSR count). The summed E-state index contributed by atoms with van der Waals surface area (Å²) in [5, 5.41) is 0. The fourth-order valence-electron chi connectivity index (χ4n) is 1.86. The van der Waals surface area contributed by atoms with E-state index >= 15 is 0 Å². The van der Waals surface area contributed by atoms with Gasteiger partial charge < -0.3 is 0 Å². The van der Waals surface area contributed by atoms with Gasteiger partial charge in [0.05, 0.1) is 0 Å². The van der Waals surface area contributed by atoms with Crippen molar-refractivity contribution >= 4 is 3.42 Å². The van der Waals surface area contributed by atoms with Crippen molar-refractivity contribution in [2.24, 2.45) is 0 Å². The first-order valence-corrected chi connectivity index (χ1v) is 8.61. The molecule has 0 aliphatic carbocycles. The van der Waals surface area contributed by atoms with E-state index in [9.17, 15) is 4.79 Å². The molecule has 2 heterocycles. The molecule has 1 aromatic heterocycles. The summed E-state index contributed by atoms with van der Waals surface area (Å²) in [5.74, 6) is 0. The van der Waals surface area contributed by atoms with E-state index in [1.54, 1.807) is 0 Å². The molecule has 1 aliphatic rings. The average molecular weight is 409 g/mol. The number of nitrogens with zero attached hydrogens (tertiary/aromatic N) is 3. The molecule has 0 saturated heterocycles. The van der Waals surface area contributed by atoms with Crippen LogP contribution < -0.4 is 0 Å². The van der Waals surface area contributed by atoms with Gasteiger partial charge in [-0.2, -0.15) is 0 Å². The molecular weight excluding hydrogens is 391 g/mol. The molecule has 1 aromatic rings. The Bertz CT molecular complexity index is 362. The van der Waals surface area contributed by atoms with Crippen LogP contribution in [0.3, 0.4) is 0 Å². The van der Waals surface area contributed by atoms with E-state index in [0.717, 1.165) is 31.7 Å². The van der Waals surface area contributed by atoms with Crippen LogP contribution in [0.4, 0.5) is 4.79 Å². The molecule has 5 heteroatoms. The maximum atomic E-state index is 11.3. The van der Waals surface area contributed by atoms with E-state index in [1.807, 2.05) is 25.1 Å². The SMILES string of the molecule is CC.CCn1cnc2c1CCN([C](=O)[Hg])C2. The standard InChI is InChI=1S/C9H12N3O.C2H6.Hg/c1-2-12-6-10-8-5-11(7-13)4-3-9(8)12;1-2;/h6H,2-5H2,1H3;1-2H3;. The van der Waals surface area contributed by atoms with Gasteiger partial charge in [0.15, 0.2) is 0 Å². The third-order valence-corrected chi connectivity index (χ3v) is 4.42. The number of hydrogen-bond donors (Lipinski definition) is 0. The minimum atomic E-state index is 0.212. The van der Waals surface area contributed by atoms with Crippen molar-refractivity contribution in [2.75, 3.05) is 6.54 Å². The molecule has 0 spiro atoms. The van der Waals surface area contributed by atoms with Crippen molar-refractivity contribution in [3.8, 4) is 0 Å². The van der Waals surface area contributed by atoms with Gasteiger partial charge in [-0.05, 0) is 0 Å². The molecule has 0 fully saturated rings. The molecule has 1 amide bonds. The summed E-state index contributed by atoms with van der Waals surface area (Å²) < 4.78 is 2.51. The molecule has 0 atom stereocenters. The van der Waals surface area contributed by atoms with Crippen LogP contribution in [0, 0.1) is 0 Å². The Labute approximate surface area is 113 Å². The molecule has 0 unspecified atom stereocenters. The zero-order chi connectivity index (χ0) is 12.1. The summed E-state index contributed by atoms with van der Waals surface area (Å²) in [5.41, 5.74) is 2.41. The van der Waals surface area contributed by atoms with Crippen molar-refractivity contribution in [3.05, 3.63) is 17.7 Å². The van der Waals surface area contributed by atoms with Crippen LogP contribution in [-0.2, 0) is 45.6 Å².